The van der Waals surface area contributed by atoms with Gasteiger partial charge in [-0.05, 0) is 18.2 Å². The second-order valence-electron chi connectivity index (χ2n) is 3.94. The van der Waals surface area contributed by atoms with Crippen molar-refractivity contribution in [1.29, 1.82) is 0 Å². The van der Waals surface area contributed by atoms with Crippen molar-refractivity contribution in [2.45, 2.75) is 11.1 Å². The lowest BCUT2D eigenvalue weighted by Crippen LogP contribution is -2.20. The highest BCUT2D eigenvalue weighted by Gasteiger charge is 2.39. The Morgan fingerprint density at radius 2 is 2.00 bits per heavy atom. The lowest BCUT2D eigenvalue weighted by molar-refractivity contribution is -0.139. The molecule has 22 heavy (non-hydrogen) atoms. The number of alkyl halides is 3. The molecule has 0 radical (unpaired) electrons. The summed E-state index contributed by atoms with van der Waals surface area (Å²) in [6.45, 7) is 0. The zero-order valence-corrected chi connectivity index (χ0v) is 12.4. The van der Waals surface area contributed by atoms with Gasteiger partial charge >= 0.3 is 12.2 Å². The molecule has 0 saturated carbocycles. The quantitative estimate of drug-likeness (QED) is 0.899. The number of hydrogen-bond donors (Lipinski definition) is 1. The molecule has 12 heteroatoms. The number of benzene rings is 1. The molecule has 0 fully saturated rings. The van der Waals surface area contributed by atoms with Gasteiger partial charge in [0.05, 0.1) is 12.7 Å². The molecule has 1 aromatic carbocycles. The minimum Gasteiger partial charge on any atom is -0.466 e. The van der Waals surface area contributed by atoms with E-state index < -0.39 is 38.6 Å². The monoisotopic (exact) mass is 356 g/mol. The topological polar surface area (TPSA) is 100 Å². The fraction of sp³-hybridized carbons (Fsp3) is 0.200. The molecule has 1 heterocycles. The maximum absolute atomic E-state index is 13.0. The lowest BCUT2D eigenvalue weighted by atomic mass is 10.2. The zero-order valence-electron chi connectivity index (χ0n) is 10.8. The summed E-state index contributed by atoms with van der Waals surface area (Å²) in [6.07, 6.45) is -4.94. The molecule has 2 rings (SSSR count). The smallest absolute Gasteiger partial charge is 0.417 e. The van der Waals surface area contributed by atoms with Crippen molar-refractivity contribution in [1.82, 2.24) is 14.2 Å². The Labute approximate surface area is 127 Å². The van der Waals surface area contributed by atoms with E-state index in [1.54, 1.807) is 0 Å². The van der Waals surface area contributed by atoms with Gasteiger partial charge in [0.25, 0.3) is 10.0 Å². The number of nitrogen functional groups attached to an aromatic ring is 1. The van der Waals surface area contributed by atoms with Crippen LogP contribution in [-0.2, 0) is 16.2 Å². The van der Waals surface area contributed by atoms with Crippen molar-refractivity contribution in [3.8, 4) is 6.01 Å². The molecule has 0 aliphatic heterocycles. The van der Waals surface area contributed by atoms with Gasteiger partial charge in [-0.15, -0.1) is 5.10 Å². The Hall–Kier alpha value is -2.01. The summed E-state index contributed by atoms with van der Waals surface area (Å²) in [4.78, 5) is 2.40. The number of anilines is 1. The van der Waals surface area contributed by atoms with Gasteiger partial charge in [0.15, 0.2) is 0 Å². The van der Waals surface area contributed by atoms with Crippen LogP contribution in [0.1, 0.15) is 5.56 Å². The summed E-state index contributed by atoms with van der Waals surface area (Å²) in [7, 11) is -3.66. The molecule has 1 aromatic heterocycles. The third kappa shape index (κ3) is 2.81. The van der Waals surface area contributed by atoms with Crippen molar-refractivity contribution in [2.75, 3.05) is 12.8 Å². The van der Waals surface area contributed by atoms with Crippen molar-refractivity contribution >= 4 is 27.6 Å². The molecule has 0 unspecified atom stereocenters. The number of hydrogen-bond acceptors (Lipinski definition) is 6. The van der Waals surface area contributed by atoms with Crippen LogP contribution in [0.15, 0.2) is 23.1 Å². The van der Waals surface area contributed by atoms with Crippen LogP contribution in [0.25, 0.3) is 0 Å². The van der Waals surface area contributed by atoms with Gasteiger partial charge in [0, 0.05) is 5.02 Å². The average molecular weight is 357 g/mol. The fourth-order valence-electron chi connectivity index (χ4n) is 1.62. The first-order chi connectivity index (χ1) is 10.1. The van der Waals surface area contributed by atoms with E-state index in [9.17, 15) is 21.6 Å². The van der Waals surface area contributed by atoms with Crippen molar-refractivity contribution < 1.29 is 26.3 Å². The normalized spacial score (nSPS) is 12.4. The number of halogens is 4. The van der Waals surface area contributed by atoms with Gasteiger partial charge in [0.2, 0.25) is 5.95 Å². The molecule has 2 aromatic rings. The SMILES string of the molecule is COc1nc(N)nn1S(=O)(=O)c1ccc(Cl)cc1C(F)(F)F. The van der Waals surface area contributed by atoms with E-state index in [0.29, 0.717) is 6.07 Å². The maximum Gasteiger partial charge on any atom is 0.417 e. The predicted octanol–water partition coefficient (Wildman–Crippen LogP) is 1.78. The summed E-state index contributed by atoms with van der Waals surface area (Å²) in [5.41, 5.74) is 3.81. The van der Waals surface area contributed by atoms with Gasteiger partial charge in [-0.25, -0.2) is 0 Å². The largest absolute Gasteiger partial charge is 0.466 e. The summed E-state index contributed by atoms with van der Waals surface area (Å²) in [6, 6.07) is 1.66. The molecule has 0 bridgehead atoms. The van der Waals surface area contributed by atoms with Crippen LogP contribution in [0.5, 0.6) is 6.01 Å². The first kappa shape index (κ1) is 16.4. The van der Waals surface area contributed by atoms with E-state index in [2.05, 4.69) is 14.8 Å². The van der Waals surface area contributed by atoms with Gasteiger partial charge < -0.3 is 10.5 Å². The molecule has 0 aliphatic carbocycles. The van der Waals surface area contributed by atoms with Crippen LogP contribution in [0.2, 0.25) is 5.02 Å². The lowest BCUT2D eigenvalue weighted by Gasteiger charge is -2.13. The standard InChI is InChI=1S/C10H8ClF3N4O3S/c1-21-9-16-8(15)17-18(9)22(19,20)7-3-2-5(11)4-6(7)10(12,13)14/h2-4H,1H3,(H2,15,17). The van der Waals surface area contributed by atoms with Crippen LogP contribution in [0.3, 0.4) is 0 Å². The van der Waals surface area contributed by atoms with Gasteiger partial charge in [-0.2, -0.15) is 26.6 Å². The Morgan fingerprint density at radius 3 is 2.55 bits per heavy atom. The Morgan fingerprint density at radius 1 is 1.36 bits per heavy atom. The molecule has 0 aliphatic rings. The number of methoxy groups -OCH3 is 1. The minimum atomic E-state index is -4.94. The molecule has 0 saturated heterocycles. The van der Waals surface area contributed by atoms with Crippen LogP contribution < -0.4 is 10.5 Å². The van der Waals surface area contributed by atoms with E-state index in [4.69, 9.17) is 17.3 Å². The van der Waals surface area contributed by atoms with E-state index in [1.165, 1.54) is 0 Å². The summed E-state index contributed by atoms with van der Waals surface area (Å²) >= 11 is 5.51. The van der Waals surface area contributed by atoms with E-state index in [1.807, 2.05) is 0 Å². The third-order valence-corrected chi connectivity index (χ3v) is 4.34. The molecular weight excluding hydrogens is 349 g/mol. The van der Waals surface area contributed by atoms with E-state index in [-0.39, 0.29) is 9.11 Å². The molecular formula is C10H8ClF3N4O3S. The molecule has 0 atom stereocenters. The van der Waals surface area contributed by atoms with E-state index in [0.717, 1.165) is 19.2 Å². The number of aromatic nitrogens is 3. The van der Waals surface area contributed by atoms with Crippen LogP contribution >= 0.6 is 11.6 Å². The first-order valence-electron chi connectivity index (χ1n) is 5.46. The fourth-order valence-corrected chi connectivity index (χ4v) is 3.18. The summed E-state index contributed by atoms with van der Waals surface area (Å²) in [5, 5.41) is 3.08. The number of nitrogens with zero attached hydrogens (tertiary/aromatic N) is 3. The highest BCUT2D eigenvalue weighted by Crippen LogP contribution is 2.37. The molecule has 2 N–H and O–H groups in total. The van der Waals surface area contributed by atoms with Crippen LogP contribution in [0.4, 0.5) is 19.1 Å². The van der Waals surface area contributed by atoms with Crippen LogP contribution in [-0.4, -0.2) is 29.7 Å². The van der Waals surface area contributed by atoms with Gasteiger partial charge in [-0.1, -0.05) is 15.7 Å². The number of nitrogens with two attached hydrogens (primary N) is 1. The van der Waals surface area contributed by atoms with Gasteiger partial charge in [0.1, 0.15) is 4.90 Å². The minimum absolute atomic E-state index is 0.181. The third-order valence-electron chi connectivity index (χ3n) is 2.50. The molecule has 120 valence electrons. The highest BCUT2D eigenvalue weighted by molar-refractivity contribution is 7.90. The predicted molar refractivity (Wildman–Crippen MR) is 70.0 cm³/mol. The first-order valence-corrected chi connectivity index (χ1v) is 7.28. The number of ether oxygens (including phenoxy) is 1. The van der Waals surface area contributed by atoms with Crippen molar-refractivity contribution in [3.05, 3.63) is 28.8 Å². The Bertz CT molecular complexity index is 819. The van der Waals surface area contributed by atoms with E-state index >= 15 is 0 Å². The maximum atomic E-state index is 13.0. The number of rotatable bonds is 3. The van der Waals surface area contributed by atoms with Crippen LogP contribution in [0, 0.1) is 0 Å². The molecule has 0 spiro atoms. The summed E-state index contributed by atoms with van der Waals surface area (Å²) < 4.78 is 68.7. The second-order valence-corrected chi connectivity index (χ2v) is 6.12. The van der Waals surface area contributed by atoms with Crippen molar-refractivity contribution in [3.63, 3.8) is 0 Å². The Kier molecular flexibility index (Phi) is 3.96. The second kappa shape index (κ2) is 5.32. The molecule has 0 amide bonds. The average Bonchev–Trinajstić information content (AvgIpc) is 2.79. The summed E-state index contributed by atoms with van der Waals surface area (Å²) in [5.74, 6) is -0.469. The zero-order chi connectivity index (χ0) is 16.7. The Balaban J connectivity index is 2.74. The highest BCUT2D eigenvalue weighted by atomic mass is 35.5. The van der Waals surface area contributed by atoms with Gasteiger partial charge in [-0.3, -0.25) is 0 Å². The molecule has 7 nitrogen and oxygen atoms in total. The van der Waals surface area contributed by atoms with Crippen molar-refractivity contribution in [2.24, 2.45) is 0 Å².